The minimum absolute atomic E-state index is 0.117. The number of carbonyl (C=O) groups is 2. The number of hydrogen-bond donors (Lipinski definition) is 1. The van der Waals surface area contributed by atoms with Crippen molar-refractivity contribution in [3.63, 3.8) is 0 Å². The van der Waals surface area contributed by atoms with Gasteiger partial charge in [-0.25, -0.2) is 9.59 Å². The molecule has 6 nitrogen and oxygen atoms in total. The molecular formula is C22H33ClN2O4. The first-order valence-corrected chi connectivity index (χ1v) is 10.6. The van der Waals surface area contributed by atoms with Crippen LogP contribution in [0.5, 0.6) is 0 Å². The second-order valence-electron chi connectivity index (χ2n) is 8.53. The lowest BCUT2D eigenvalue weighted by Crippen LogP contribution is -2.45. The zero-order valence-electron chi connectivity index (χ0n) is 18.3. The van der Waals surface area contributed by atoms with Gasteiger partial charge in [-0.1, -0.05) is 11.6 Å². The molecule has 1 aromatic carbocycles. The number of halogens is 1. The molecule has 0 unspecified atom stereocenters. The maximum Gasteiger partial charge on any atom is 0.407 e. The smallest absolute Gasteiger partial charge is 0.407 e. The van der Waals surface area contributed by atoms with Gasteiger partial charge in [-0.05, 0) is 78.0 Å². The molecule has 0 radical (unpaired) electrons. The van der Waals surface area contributed by atoms with Gasteiger partial charge in [-0.3, -0.25) is 0 Å². The first kappa shape index (κ1) is 23.3. The van der Waals surface area contributed by atoms with E-state index in [1.54, 1.807) is 6.07 Å². The van der Waals surface area contributed by atoms with Crippen LogP contribution >= 0.6 is 11.6 Å². The highest BCUT2D eigenvalue weighted by molar-refractivity contribution is 6.31. The fraction of sp³-hybridized carbons (Fsp3) is 0.636. The molecule has 1 fully saturated rings. The number of nitrogens with one attached hydrogen (secondary N) is 1. The van der Waals surface area contributed by atoms with Crippen molar-refractivity contribution in [2.45, 2.75) is 78.0 Å². The number of methoxy groups -OCH3 is 1. The second-order valence-corrected chi connectivity index (χ2v) is 8.96. The first-order chi connectivity index (χ1) is 13.6. The molecule has 2 rings (SSSR count). The highest BCUT2D eigenvalue weighted by Gasteiger charge is 2.29. The zero-order valence-corrected chi connectivity index (χ0v) is 19.1. The van der Waals surface area contributed by atoms with Gasteiger partial charge in [-0.2, -0.15) is 0 Å². The van der Waals surface area contributed by atoms with E-state index in [-0.39, 0.29) is 18.1 Å². The molecule has 1 saturated carbocycles. The Labute approximate surface area is 178 Å². The number of ether oxygens (including phenoxy) is 2. The molecule has 0 bridgehead atoms. The molecule has 0 atom stereocenters. The summed E-state index contributed by atoms with van der Waals surface area (Å²) in [6, 6.07) is 4.00. The molecule has 0 spiro atoms. The number of rotatable bonds is 5. The molecule has 1 aliphatic carbocycles. The van der Waals surface area contributed by atoms with E-state index in [1.165, 1.54) is 7.11 Å². The Morgan fingerprint density at radius 1 is 1.21 bits per heavy atom. The van der Waals surface area contributed by atoms with Gasteiger partial charge in [0, 0.05) is 29.3 Å². The normalized spacial score (nSPS) is 19.4. The molecule has 0 aliphatic heterocycles. The van der Waals surface area contributed by atoms with E-state index in [4.69, 9.17) is 21.1 Å². The summed E-state index contributed by atoms with van der Waals surface area (Å²) < 4.78 is 10.3. The molecule has 162 valence electrons. The summed E-state index contributed by atoms with van der Waals surface area (Å²) >= 11 is 6.30. The number of benzene rings is 1. The predicted molar refractivity (Wildman–Crippen MR) is 116 cm³/mol. The third kappa shape index (κ3) is 6.26. The number of carbonyl (C=O) groups excluding carboxylic acids is 2. The largest absolute Gasteiger partial charge is 0.465 e. The number of alkyl carbamates (subject to hydrolysis) is 1. The van der Waals surface area contributed by atoms with Crippen molar-refractivity contribution in [1.82, 2.24) is 5.32 Å². The minimum Gasteiger partial charge on any atom is -0.465 e. The summed E-state index contributed by atoms with van der Waals surface area (Å²) in [7, 11) is 1.37. The Morgan fingerprint density at radius 3 is 2.34 bits per heavy atom. The summed E-state index contributed by atoms with van der Waals surface area (Å²) in [5.74, 6) is -0.382. The van der Waals surface area contributed by atoms with Gasteiger partial charge in [0.05, 0.1) is 12.7 Å². The highest BCUT2D eigenvalue weighted by atomic mass is 35.5. The topological polar surface area (TPSA) is 67.9 Å². The molecule has 1 aliphatic rings. The van der Waals surface area contributed by atoms with Crippen LogP contribution in [0.1, 0.15) is 69.3 Å². The van der Waals surface area contributed by atoms with Crippen molar-refractivity contribution in [1.29, 1.82) is 0 Å². The summed E-state index contributed by atoms with van der Waals surface area (Å²) in [4.78, 5) is 26.5. The summed E-state index contributed by atoms with van der Waals surface area (Å²) in [5, 5.41) is 3.50. The summed E-state index contributed by atoms with van der Waals surface area (Å²) in [6.07, 6.45) is 3.27. The maximum atomic E-state index is 12.1. The number of anilines is 1. The quantitative estimate of drug-likeness (QED) is 0.666. The summed E-state index contributed by atoms with van der Waals surface area (Å²) in [6.45, 7) is 10.4. The predicted octanol–water partition coefficient (Wildman–Crippen LogP) is 5.10. The van der Waals surface area contributed by atoms with Gasteiger partial charge in [0.15, 0.2) is 0 Å². The van der Waals surface area contributed by atoms with E-state index < -0.39 is 5.60 Å². The Morgan fingerprint density at radius 2 is 1.83 bits per heavy atom. The van der Waals surface area contributed by atoms with Crippen LogP contribution in [0.15, 0.2) is 12.1 Å². The van der Waals surface area contributed by atoms with E-state index in [2.05, 4.69) is 17.1 Å². The average molecular weight is 425 g/mol. The van der Waals surface area contributed by atoms with Crippen LogP contribution in [0.2, 0.25) is 5.02 Å². The SMILES string of the molecule is CCN(c1cc(Cl)cc(C(=O)OC)c1C)C1CCC(NC(=O)OC(C)(C)C)CC1. The number of esters is 1. The van der Waals surface area contributed by atoms with E-state index in [0.717, 1.165) is 43.5 Å². The van der Waals surface area contributed by atoms with Crippen molar-refractivity contribution < 1.29 is 19.1 Å². The zero-order chi connectivity index (χ0) is 21.8. The fourth-order valence-electron chi connectivity index (χ4n) is 3.92. The van der Waals surface area contributed by atoms with Crippen molar-refractivity contribution in [3.05, 3.63) is 28.3 Å². The van der Waals surface area contributed by atoms with Crippen molar-refractivity contribution in [2.24, 2.45) is 0 Å². The molecule has 1 amide bonds. The average Bonchev–Trinajstić information content (AvgIpc) is 2.63. The van der Waals surface area contributed by atoms with E-state index >= 15 is 0 Å². The molecule has 0 aromatic heterocycles. The Kier molecular flexibility index (Phi) is 7.80. The lowest BCUT2D eigenvalue weighted by atomic mass is 9.89. The van der Waals surface area contributed by atoms with Gasteiger partial charge in [-0.15, -0.1) is 0 Å². The molecule has 1 aromatic rings. The van der Waals surface area contributed by atoms with Crippen LogP contribution in [-0.4, -0.2) is 43.4 Å². The van der Waals surface area contributed by atoms with Crippen LogP contribution in [0.4, 0.5) is 10.5 Å². The van der Waals surface area contributed by atoms with Crippen molar-refractivity contribution in [3.8, 4) is 0 Å². The summed E-state index contributed by atoms with van der Waals surface area (Å²) in [5.41, 5.74) is 1.83. The van der Waals surface area contributed by atoms with Gasteiger partial charge in [0.2, 0.25) is 0 Å². The number of hydrogen-bond acceptors (Lipinski definition) is 5. The van der Waals surface area contributed by atoms with Crippen LogP contribution in [0, 0.1) is 6.92 Å². The molecule has 1 N–H and O–H groups in total. The fourth-order valence-corrected chi connectivity index (χ4v) is 4.13. The van der Waals surface area contributed by atoms with Crippen LogP contribution in [0.3, 0.4) is 0 Å². The van der Waals surface area contributed by atoms with Crippen LogP contribution < -0.4 is 10.2 Å². The molecule has 29 heavy (non-hydrogen) atoms. The number of amides is 1. The molecule has 7 heteroatoms. The monoisotopic (exact) mass is 424 g/mol. The molecule has 0 heterocycles. The van der Waals surface area contributed by atoms with E-state index in [0.29, 0.717) is 16.6 Å². The lowest BCUT2D eigenvalue weighted by molar-refractivity contribution is 0.0490. The number of nitrogens with zero attached hydrogens (tertiary/aromatic N) is 1. The van der Waals surface area contributed by atoms with Crippen LogP contribution in [-0.2, 0) is 9.47 Å². The standard InChI is InChI=1S/C22H33ClN2O4/c1-7-25(19-13-15(23)12-18(14(19)2)20(26)28-6)17-10-8-16(9-11-17)24-21(27)29-22(3,4)5/h12-13,16-17H,7-11H2,1-6H3,(H,24,27). The third-order valence-corrected chi connectivity index (χ3v) is 5.48. The van der Waals surface area contributed by atoms with Gasteiger partial charge in [0.1, 0.15) is 5.60 Å². The maximum absolute atomic E-state index is 12.1. The van der Waals surface area contributed by atoms with Gasteiger partial charge >= 0.3 is 12.1 Å². The van der Waals surface area contributed by atoms with Crippen molar-refractivity contribution in [2.75, 3.05) is 18.6 Å². The lowest BCUT2D eigenvalue weighted by Gasteiger charge is -2.39. The van der Waals surface area contributed by atoms with Crippen molar-refractivity contribution >= 4 is 29.4 Å². The van der Waals surface area contributed by atoms with Gasteiger partial charge in [0.25, 0.3) is 0 Å². The van der Waals surface area contributed by atoms with E-state index in [9.17, 15) is 9.59 Å². The Hall–Kier alpha value is -1.95. The second kappa shape index (κ2) is 9.70. The Bertz CT molecular complexity index is 737. The van der Waals surface area contributed by atoms with Crippen LogP contribution in [0.25, 0.3) is 0 Å². The first-order valence-electron chi connectivity index (χ1n) is 10.2. The minimum atomic E-state index is -0.498. The molecular weight excluding hydrogens is 392 g/mol. The van der Waals surface area contributed by atoms with E-state index in [1.807, 2.05) is 33.8 Å². The highest BCUT2D eigenvalue weighted by Crippen LogP contribution is 2.33. The Balaban J connectivity index is 2.09. The third-order valence-electron chi connectivity index (χ3n) is 5.26. The molecule has 0 saturated heterocycles. The van der Waals surface area contributed by atoms with Gasteiger partial charge < -0.3 is 19.7 Å².